The van der Waals surface area contributed by atoms with Gasteiger partial charge in [-0.25, -0.2) is 0 Å². The first-order valence-electron chi connectivity index (χ1n) is 4.70. The summed E-state index contributed by atoms with van der Waals surface area (Å²) in [7, 11) is 0. The number of hydrogen-bond acceptors (Lipinski definition) is 3. The minimum atomic E-state index is -0.138. The maximum absolute atomic E-state index is 11.9. The molecular formula is C12H9N3O. The molecule has 78 valence electrons. The summed E-state index contributed by atoms with van der Waals surface area (Å²) in [5, 5.41) is 8.63. The van der Waals surface area contributed by atoms with E-state index in [2.05, 4.69) is 4.98 Å². The van der Waals surface area contributed by atoms with Gasteiger partial charge in [0.2, 0.25) is 5.78 Å². The monoisotopic (exact) mass is 211 g/mol. The molecule has 2 rings (SSSR count). The summed E-state index contributed by atoms with van der Waals surface area (Å²) in [6.45, 7) is 0. The first-order chi connectivity index (χ1) is 7.70. The first-order valence-corrected chi connectivity index (χ1v) is 4.70. The molecule has 0 saturated heterocycles. The Morgan fingerprint density at radius 3 is 2.38 bits per heavy atom. The average Bonchev–Trinajstić information content (AvgIpc) is 2.75. The number of carbonyl (C=O) groups excluding carboxylic acids is 1. The number of carbonyl (C=O) groups is 1. The number of aromatic amines is 1. The minimum Gasteiger partial charge on any atom is -0.385 e. The summed E-state index contributed by atoms with van der Waals surface area (Å²) in [4.78, 5) is 14.7. The van der Waals surface area contributed by atoms with Gasteiger partial charge in [0.1, 0.15) is 5.82 Å². The number of ketones is 1. The predicted octanol–water partition coefficient (Wildman–Crippen LogP) is 1.70. The number of nitrogen functional groups attached to an aromatic ring is 1. The Kier molecular flexibility index (Phi) is 2.44. The molecule has 1 aromatic carbocycles. The van der Waals surface area contributed by atoms with Crippen LogP contribution in [0, 0.1) is 11.3 Å². The third kappa shape index (κ3) is 1.79. The van der Waals surface area contributed by atoms with Crippen molar-refractivity contribution in [1.82, 2.24) is 4.98 Å². The molecule has 0 aliphatic carbocycles. The number of aromatic nitrogens is 1. The highest BCUT2D eigenvalue weighted by Crippen LogP contribution is 2.11. The molecule has 0 unspecified atom stereocenters. The van der Waals surface area contributed by atoms with Crippen molar-refractivity contribution in [3.63, 3.8) is 0 Å². The fourth-order valence-corrected chi connectivity index (χ4v) is 1.40. The number of nitriles is 1. The highest BCUT2D eigenvalue weighted by atomic mass is 16.1. The van der Waals surface area contributed by atoms with Crippen LogP contribution in [0.3, 0.4) is 0 Å². The van der Waals surface area contributed by atoms with Gasteiger partial charge in [0.05, 0.1) is 17.3 Å². The van der Waals surface area contributed by atoms with E-state index in [-0.39, 0.29) is 5.78 Å². The van der Waals surface area contributed by atoms with E-state index in [1.54, 1.807) is 36.4 Å². The van der Waals surface area contributed by atoms with Crippen LogP contribution < -0.4 is 5.73 Å². The van der Waals surface area contributed by atoms with Crippen molar-refractivity contribution < 1.29 is 4.79 Å². The van der Waals surface area contributed by atoms with E-state index in [1.165, 1.54) is 0 Å². The number of anilines is 1. The van der Waals surface area contributed by atoms with Crippen LogP contribution >= 0.6 is 0 Å². The summed E-state index contributed by atoms with van der Waals surface area (Å²) in [6.07, 6.45) is 0. The molecule has 0 saturated carbocycles. The quantitative estimate of drug-likeness (QED) is 0.741. The Balaban J connectivity index is 2.31. The predicted molar refractivity (Wildman–Crippen MR) is 59.8 cm³/mol. The topological polar surface area (TPSA) is 82.7 Å². The molecule has 4 heteroatoms. The van der Waals surface area contributed by atoms with Crippen molar-refractivity contribution in [2.75, 3.05) is 5.73 Å². The normalized spacial score (nSPS) is 9.69. The summed E-state index contributed by atoms with van der Waals surface area (Å²) in [5.74, 6) is 0.318. The van der Waals surface area contributed by atoms with E-state index in [1.807, 2.05) is 6.07 Å². The van der Waals surface area contributed by atoms with Crippen LogP contribution in [-0.2, 0) is 0 Å². The van der Waals surface area contributed by atoms with Crippen LogP contribution in [0.25, 0.3) is 0 Å². The maximum atomic E-state index is 11.9. The summed E-state index contributed by atoms with van der Waals surface area (Å²) >= 11 is 0. The zero-order valence-corrected chi connectivity index (χ0v) is 8.40. The molecule has 3 N–H and O–H groups in total. The molecule has 0 spiro atoms. The van der Waals surface area contributed by atoms with Gasteiger partial charge in [-0.1, -0.05) is 0 Å². The van der Waals surface area contributed by atoms with Crippen molar-refractivity contribution in [1.29, 1.82) is 5.26 Å². The second kappa shape index (κ2) is 3.91. The van der Waals surface area contributed by atoms with Gasteiger partial charge in [-0.2, -0.15) is 5.26 Å². The third-order valence-electron chi connectivity index (χ3n) is 2.23. The van der Waals surface area contributed by atoms with Gasteiger partial charge in [0, 0.05) is 5.56 Å². The van der Waals surface area contributed by atoms with E-state index < -0.39 is 0 Å². The van der Waals surface area contributed by atoms with E-state index in [0.717, 1.165) is 0 Å². The Labute approximate surface area is 92.3 Å². The standard InChI is InChI=1S/C12H9N3O/c13-7-8-1-3-9(4-2-8)12(16)10-5-6-11(14)15-10/h1-6,15H,14H2. The Morgan fingerprint density at radius 1 is 1.19 bits per heavy atom. The lowest BCUT2D eigenvalue weighted by Crippen LogP contribution is -2.01. The number of nitrogens with two attached hydrogens (primary N) is 1. The molecule has 0 radical (unpaired) electrons. The lowest BCUT2D eigenvalue weighted by molar-refractivity contribution is 0.103. The molecule has 0 aliphatic heterocycles. The number of hydrogen-bond donors (Lipinski definition) is 2. The molecule has 2 aromatic rings. The van der Waals surface area contributed by atoms with E-state index in [9.17, 15) is 4.79 Å². The molecule has 0 fully saturated rings. The number of nitrogens with one attached hydrogen (secondary N) is 1. The molecule has 0 aliphatic rings. The van der Waals surface area contributed by atoms with E-state index in [0.29, 0.717) is 22.6 Å². The van der Waals surface area contributed by atoms with Crippen molar-refractivity contribution >= 4 is 11.6 Å². The molecule has 1 aromatic heterocycles. The maximum Gasteiger partial charge on any atom is 0.209 e. The van der Waals surface area contributed by atoms with Gasteiger partial charge in [-0.15, -0.1) is 0 Å². The minimum absolute atomic E-state index is 0.138. The SMILES string of the molecule is N#Cc1ccc(C(=O)c2ccc(N)[nH]2)cc1. The lowest BCUT2D eigenvalue weighted by atomic mass is 10.1. The zero-order valence-electron chi connectivity index (χ0n) is 8.40. The van der Waals surface area contributed by atoms with Gasteiger partial charge >= 0.3 is 0 Å². The van der Waals surface area contributed by atoms with Crippen molar-refractivity contribution in [3.8, 4) is 6.07 Å². The number of benzene rings is 1. The number of nitrogens with zero attached hydrogens (tertiary/aromatic N) is 1. The molecule has 0 atom stereocenters. The van der Waals surface area contributed by atoms with Gasteiger partial charge in [0.15, 0.2) is 0 Å². The second-order valence-corrected chi connectivity index (χ2v) is 3.35. The summed E-state index contributed by atoms with van der Waals surface area (Å²) < 4.78 is 0. The van der Waals surface area contributed by atoms with Crippen molar-refractivity contribution in [3.05, 3.63) is 53.2 Å². The first kappa shape index (κ1) is 9.99. The smallest absolute Gasteiger partial charge is 0.209 e. The fourth-order valence-electron chi connectivity index (χ4n) is 1.40. The largest absolute Gasteiger partial charge is 0.385 e. The fraction of sp³-hybridized carbons (Fsp3) is 0. The lowest BCUT2D eigenvalue weighted by Gasteiger charge is -1.98. The Hall–Kier alpha value is -2.54. The Bertz CT molecular complexity index is 561. The molecular weight excluding hydrogens is 202 g/mol. The van der Waals surface area contributed by atoms with Crippen molar-refractivity contribution in [2.45, 2.75) is 0 Å². The molecule has 4 nitrogen and oxygen atoms in total. The van der Waals surface area contributed by atoms with Gasteiger partial charge < -0.3 is 10.7 Å². The Morgan fingerprint density at radius 2 is 1.88 bits per heavy atom. The van der Waals surface area contributed by atoms with Gasteiger partial charge in [-0.3, -0.25) is 4.79 Å². The van der Waals surface area contributed by atoms with Crippen LogP contribution in [-0.4, -0.2) is 10.8 Å². The van der Waals surface area contributed by atoms with E-state index >= 15 is 0 Å². The summed E-state index contributed by atoms with van der Waals surface area (Å²) in [6, 6.07) is 11.7. The number of H-pyrrole nitrogens is 1. The highest BCUT2D eigenvalue weighted by Gasteiger charge is 2.10. The van der Waals surface area contributed by atoms with Crippen LogP contribution in [0.4, 0.5) is 5.82 Å². The molecule has 0 bridgehead atoms. The average molecular weight is 211 g/mol. The van der Waals surface area contributed by atoms with Crippen LogP contribution in [0.15, 0.2) is 36.4 Å². The number of rotatable bonds is 2. The highest BCUT2D eigenvalue weighted by molar-refractivity contribution is 6.08. The van der Waals surface area contributed by atoms with Crippen LogP contribution in [0.5, 0.6) is 0 Å². The molecule has 1 heterocycles. The molecule has 16 heavy (non-hydrogen) atoms. The zero-order chi connectivity index (χ0) is 11.5. The molecule has 0 amide bonds. The van der Waals surface area contributed by atoms with Crippen molar-refractivity contribution in [2.24, 2.45) is 0 Å². The third-order valence-corrected chi connectivity index (χ3v) is 2.23. The summed E-state index contributed by atoms with van der Waals surface area (Å²) in [5.41, 5.74) is 6.99. The second-order valence-electron chi connectivity index (χ2n) is 3.35. The van der Waals surface area contributed by atoms with Crippen LogP contribution in [0.1, 0.15) is 21.6 Å². The van der Waals surface area contributed by atoms with Gasteiger partial charge in [-0.05, 0) is 36.4 Å². The van der Waals surface area contributed by atoms with E-state index in [4.69, 9.17) is 11.0 Å². The van der Waals surface area contributed by atoms with Gasteiger partial charge in [0.25, 0.3) is 0 Å². The van der Waals surface area contributed by atoms with Crippen LogP contribution in [0.2, 0.25) is 0 Å².